The van der Waals surface area contributed by atoms with Gasteiger partial charge in [0.1, 0.15) is 17.8 Å². The van der Waals surface area contributed by atoms with E-state index in [1.54, 1.807) is 11.8 Å². The number of ether oxygens (including phenoxy) is 2. The third kappa shape index (κ3) is 8.61. The van der Waals surface area contributed by atoms with Crippen molar-refractivity contribution in [1.29, 1.82) is 0 Å². The number of aromatic nitrogens is 2. The number of piperazine rings is 1. The monoisotopic (exact) mass is 568 g/mol. The van der Waals surface area contributed by atoms with Gasteiger partial charge in [0.25, 0.3) is 5.91 Å². The lowest BCUT2D eigenvalue weighted by Gasteiger charge is -2.35. The molecule has 2 N–H and O–H groups in total. The largest absolute Gasteiger partial charge is 0.527 e. The van der Waals surface area contributed by atoms with Gasteiger partial charge in [-0.2, -0.15) is 4.98 Å². The summed E-state index contributed by atoms with van der Waals surface area (Å²) in [6, 6.07) is 9.67. The molecule has 2 heterocycles. The van der Waals surface area contributed by atoms with Gasteiger partial charge in [-0.1, -0.05) is 30.3 Å². The standard InChI is InChI=1S/C28H36N6O7/c1-3-39-28(38)41-34-15-13-33(14-16-34)27(37)23(18-29-19(2)35)31-26(36)22-17-24(40-21-11-7-8-12-21)32-25(30-22)20-9-5-4-6-10-20/h4-6,9-10,17,21,23H,3,7-8,11-16,18H2,1-2H3,(H,29,35)(H,31,36)/t23-/m0/s1. The molecule has 0 unspecified atom stereocenters. The number of benzene rings is 1. The summed E-state index contributed by atoms with van der Waals surface area (Å²) in [5.41, 5.74) is 0.757. The Morgan fingerprint density at radius 1 is 1.02 bits per heavy atom. The second kappa shape index (κ2) is 14.4. The van der Waals surface area contributed by atoms with Crippen molar-refractivity contribution in [3.8, 4) is 17.3 Å². The van der Waals surface area contributed by atoms with Crippen LogP contribution in [0.15, 0.2) is 36.4 Å². The molecule has 0 spiro atoms. The number of carbonyl (C=O) groups is 4. The Kier molecular flexibility index (Phi) is 10.4. The van der Waals surface area contributed by atoms with Crippen molar-refractivity contribution in [1.82, 2.24) is 30.6 Å². The molecule has 2 aromatic rings. The van der Waals surface area contributed by atoms with Crippen molar-refractivity contribution in [2.75, 3.05) is 39.3 Å². The molecule has 2 fully saturated rings. The molecule has 41 heavy (non-hydrogen) atoms. The first kappa shape index (κ1) is 29.7. The molecule has 220 valence electrons. The highest BCUT2D eigenvalue weighted by Crippen LogP contribution is 2.25. The van der Waals surface area contributed by atoms with Crippen LogP contribution in [0.5, 0.6) is 5.88 Å². The van der Waals surface area contributed by atoms with Crippen LogP contribution in [-0.2, 0) is 19.2 Å². The van der Waals surface area contributed by atoms with Crippen molar-refractivity contribution in [2.24, 2.45) is 0 Å². The van der Waals surface area contributed by atoms with Gasteiger partial charge in [-0.3, -0.25) is 14.4 Å². The summed E-state index contributed by atoms with van der Waals surface area (Å²) in [6.45, 7) is 4.11. The summed E-state index contributed by atoms with van der Waals surface area (Å²) in [5.74, 6) is -0.714. The molecule has 13 heteroatoms. The third-order valence-corrected chi connectivity index (χ3v) is 6.73. The lowest BCUT2D eigenvalue weighted by molar-refractivity contribution is -0.157. The lowest BCUT2D eigenvalue weighted by Crippen LogP contribution is -2.57. The molecule has 1 saturated heterocycles. The number of nitrogens with zero attached hydrogens (tertiary/aromatic N) is 4. The van der Waals surface area contributed by atoms with E-state index in [1.165, 1.54) is 18.1 Å². The fourth-order valence-electron chi connectivity index (χ4n) is 4.64. The van der Waals surface area contributed by atoms with Gasteiger partial charge in [-0.25, -0.2) is 9.78 Å². The second-order valence-electron chi connectivity index (χ2n) is 9.80. The summed E-state index contributed by atoms with van der Waals surface area (Å²) < 4.78 is 10.9. The van der Waals surface area contributed by atoms with Crippen LogP contribution in [0, 0.1) is 0 Å². The first-order valence-corrected chi connectivity index (χ1v) is 13.9. The van der Waals surface area contributed by atoms with Crippen LogP contribution in [0.4, 0.5) is 4.79 Å². The highest BCUT2D eigenvalue weighted by Gasteiger charge is 2.31. The molecule has 1 aliphatic carbocycles. The molecule has 1 aromatic heterocycles. The molecule has 2 aliphatic rings. The Labute approximate surface area is 238 Å². The highest BCUT2D eigenvalue weighted by molar-refractivity contribution is 5.97. The zero-order chi connectivity index (χ0) is 29.2. The Morgan fingerprint density at radius 3 is 2.39 bits per heavy atom. The fourth-order valence-corrected chi connectivity index (χ4v) is 4.64. The van der Waals surface area contributed by atoms with Crippen molar-refractivity contribution in [2.45, 2.75) is 51.7 Å². The minimum Gasteiger partial charge on any atom is -0.474 e. The molecule has 0 bridgehead atoms. The van der Waals surface area contributed by atoms with Crippen molar-refractivity contribution in [3.05, 3.63) is 42.1 Å². The van der Waals surface area contributed by atoms with Crippen LogP contribution in [0.2, 0.25) is 0 Å². The van der Waals surface area contributed by atoms with Crippen molar-refractivity contribution in [3.63, 3.8) is 0 Å². The zero-order valence-corrected chi connectivity index (χ0v) is 23.3. The number of rotatable bonds is 10. The number of nitrogens with one attached hydrogen (secondary N) is 2. The lowest BCUT2D eigenvalue weighted by atomic mass is 10.2. The van der Waals surface area contributed by atoms with E-state index in [2.05, 4.69) is 20.6 Å². The smallest absolute Gasteiger partial charge is 0.474 e. The molecule has 13 nitrogen and oxygen atoms in total. The predicted octanol–water partition coefficient (Wildman–Crippen LogP) is 1.93. The van der Waals surface area contributed by atoms with Gasteiger partial charge in [0.2, 0.25) is 17.7 Å². The highest BCUT2D eigenvalue weighted by atomic mass is 16.8. The number of carbonyl (C=O) groups excluding carboxylic acids is 4. The number of hydrogen-bond acceptors (Lipinski definition) is 10. The molecule has 0 radical (unpaired) electrons. The Bertz CT molecular complexity index is 1210. The molecular formula is C28H36N6O7. The first-order valence-electron chi connectivity index (χ1n) is 13.9. The van der Waals surface area contributed by atoms with Crippen LogP contribution in [0.3, 0.4) is 0 Å². The average Bonchev–Trinajstić information content (AvgIpc) is 3.48. The first-order chi connectivity index (χ1) is 19.8. The van der Waals surface area contributed by atoms with Crippen LogP contribution in [0.25, 0.3) is 11.4 Å². The quantitative estimate of drug-likeness (QED) is 0.407. The normalized spacial score (nSPS) is 16.5. The van der Waals surface area contributed by atoms with E-state index >= 15 is 0 Å². The molecule has 1 saturated carbocycles. The van der Waals surface area contributed by atoms with Crippen molar-refractivity contribution < 1.29 is 33.5 Å². The summed E-state index contributed by atoms with van der Waals surface area (Å²) in [6.07, 6.45) is 3.19. The van der Waals surface area contributed by atoms with E-state index < -0.39 is 18.1 Å². The molecule has 4 rings (SSSR count). The van der Waals surface area contributed by atoms with Gasteiger partial charge >= 0.3 is 6.16 Å². The Morgan fingerprint density at radius 2 is 1.73 bits per heavy atom. The van der Waals surface area contributed by atoms with E-state index in [0.717, 1.165) is 25.7 Å². The summed E-state index contributed by atoms with van der Waals surface area (Å²) in [7, 11) is 0. The van der Waals surface area contributed by atoms with E-state index in [1.807, 2.05) is 30.3 Å². The third-order valence-electron chi connectivity index (χ3n) is 6.73. The fraction of sp³-hybridized carbons (Fsp3) is 0.500. The number of hydrogen-bond donors (Lipinski definition) is 2. The minimum absolute atomic E-state index is 0.0185. The maximum absolute atomic E-state index is 13.5. The number of hydroxylamine groups is 2. The van der Waals surface area contributed by atoms with Crippen LogP contribution in [0.1, 0.15) is 50.0 Å². The topological polar surface area (TPSA) is 152 Å². The summed E-state index contributed by atoms with van der Waals surface area (Å²) in [5, 5.41) is 6.77. The number of amides is 3. The van der Waals surface area contributed by atoms with Crippen molar-refractivity contribution >= 4 is 23.9 Å². The van der Waals surface area contributed by atoms with Gasteiger partial charge in [-0.15, -0.1) is 5.06 Å². The van der Waals surface area contributed by atoms with E-state index in [4.69, 9.17) is 14.3 Å². The van der Waals surface area contributed by atoms with Crippen LogP contribution >= 0.6 is 0 Å². The molecule has 1 aromatic carbocycles. The molecular weight excluding hydrogens is 532 g/mol. The van der Waals surface area contributed by atoms with E-state index in [0.29, 0.717) is 17.3 Å². The summed E-state index contributed by atoms with van der Waals surface area (Å²) >= 11 is 0. The van der Waals surface area contributed by atoms with E-state index in [9.17, 15) is 19.2 Å². The maximum atomic E-state index is 13.5. The molecule has 1 atom stereocenters. The van der Waals surface area contributed by atoms with Gasteiger partial charge in [0.15, 0.2) is 5.82 Å². The average molecular weight is 569 g/mol. The van der Waals surface area contributed by atoms with Gasteiger partial charge in [0.05, 0.1) is 19.7 Å². The van der Waals surface area contributed by atoms with Gasteiger partial charge < -0.3 is 29.8 Å². The zero-order valence-electron chi connectivity index (χ0n) is 23.3. The Hall–Kier alpha value is -4.26. The molecule has 1 aliphatic heterocycles. The van der Waals surface area contributed by atoms with Crippen LogP contribution < -0.4 is 15.4 Å². The van der Waals surface area contributed by atoms with E-state index in [-0.39, 0.29) is 62.9 Å². The maximum Gasteiger partial charge on any atom is 0.527 e. The predicted molar refractivity (Wildman–Crippen MR) is 147 cm³/mol. The Balaban J connectivity index is 1.49. The minimum atomic E-state index is -1.06. The van der Waals surface area contributed by atoms with Gasteiger partial charge in [0, 0.05) is 38.2 Å². The second-order valence-corrected chi connectivity index (χ2v) is 9.80. The molecule has 3 amide bonds. The summed E-state index contributed by atoms with van der Waals surface area (Å²) in [4.78, 5) is 65.8. The van der Waals surface area contributed by atoms with Gasteiger partial charge in [-0.05, 0) is 32.6 Å². The SMILES string of the molecule is CCOC(=O)ON1CCN(C(=O)[C@H](CNC(C)=O)NC(=O)c2cc(OC3CCCC3)nc(-c3ccccc3)n2)CC1. The van der Waals surface area contributed by atoms with Crippen LogP contribution in [-0.4, -0.2) is 95.3 Å².